The van der Waals surface area contributed by atoms with Crippen LogP contribution in [0.4, 0.5) is 15.8 Å². The predicted octanol–water partition coefficient (Wildman–Crippen LogP) is 4.51. The molecule has 0 heterocycles. The molecule has 2 rings (SSSR count). The van der Waals surface area contributed by atoms with Crippen molar-refractivity contribution in [3.05, 3.63) is 66.8 Å². The first-order valence-electron chi connectivity index (χ1n) is 5.59. The summed E-state index contributed by atoms with van der Waals surface area (Å²) in [5.41, 5.74) is 0.0670. The molecule has 2 aromatic rings. The summed E-state index contributed by atoms with van der Waals surface area (Å²) < 4.78 is 14.4. The van der Waals surface area contributed by atoms with E-state index in [0.717, 1.165) is 0 Å². The Balaban J connectivity index is 2.26. The molecule has 2 aromatic carbocycles. The van der Waals surface area contributed by atoms with Gasteiger partial charge in [-0.25, -0.2) is 4.39 Å². The van der Waals surface area contributed by atoms with E-state index in [2.05, 4.69) is 37.2 Å². The Morgan fingerprint density at radius 1 is 1.19 bits per heavy atom. The van der Waals surface area contributed by atoms with Crippen molar-refractivity contribution in [1.29, 1.82) is 0 Å². The highest BCUT2D eigenvalue weighted by Gasteiger charge is 2.15. The van der Waals surface area contributed by atoms with E-state index in [-0.39, 0.29) is 15.7 Å². The third kappa shape index (κ3) is 3.64. The van der Waals surface area contributed by atoms with Crippen molar-refractivity contribution >= 4 is 49.1 Å². The van der Waals surface area contributed by atoms with Crippen LogP contribution in [0, 0.1) is 15.9 Å². The highest BCUT2D eigenvalue weighted by Crippen LogP contribution is 2.28. The molecule has 0 radical (unpaired) electrons. The third-order valence-corrected chi connectivity index (χ3v) is 3.70. The number of benzene rings is 2. The van der Waals surface area contributed by atoms with Gasteiger partial charge < -0.3 is 5.32 Å². The molecule has 0 aliphatic heterocycles. The van der Waals surface area contributed by atoms with E-state index < -0.39 is 16.6 Å². The van der Waals surface area contributed by atoms with Gasteiger partial charge in [0.2, 0.25) is 0 Å². The van der Waals surface area contributed by atoms with Gasteiger partial charge >= 0.3 is 0 Å². The zero-order chi connectivity index (χ0) is 15.6. The number of rotatable bonds is 3. The molecule has 0 saturated heterocycles. The maximum atomic E-state index is 13.6. The molecule has 0 atom stereocenters. The monoisotopic (exact) mass is 416 g/mol. The van der Waals surface area contributed by atoms with E-state index in [1.165, 1.54) is 36.4 Å². The van der Waals surface area contributed by atoms with Crippen LogP contribution in [0.15, 0.2) is 45.3 Å². The van der Waals surface area contributed by atoms with Crippen LogP contribution < -0.4 is 5.32 Å². The Hall–Kier alpha value is -1.80. The van der Waals surface area contributed by atoms with Crippen LogP contribution in [-0.2, 0) is 0 Å². The lowest BCUT2D eigenvalue weighted by molar-refractivity contribution is -0.385. The van der Waals surface area contributed by atoms with Crippen LogP contribution in [0.5, 0.6) is 0 Å². The summed E-state index contributed by atoms with van der Waals surface area (Å²) in [6, 6.07) is 8.00. The smallest absolute Gasteiger partial charge is 0.283 e. The lowest BCUT2D eigenvalue weighted by Gasteiger charge is -2.07. The summed E-state index contributed by atoms with van der Waals surface area (Å²) in [6.07, 6.45) is 0. The number of nitro benzene ring substituents is 1. The first-order chi connectivity index (χ1) is 9.88. The number of nitrogens with one attached hydrogen (secondary N) is 1. The number of nitro groups is 1. The predicted molar refractivity (Wildman–Crippen MR) is 82.8 cm³/mol. The molecular weight excluding hydrogens is 411 g/mol. The summed E-state index contributed by atoms with van der Waals surface area (Å²) >= 11 is 6.20. The fourth-order valence-electron chi connectivity index (χ4n) is 1.60. The second kappa shape index (κ2) is 6.31. The summed E-state index contributed by atoms with van der Waals surface area (Å²) in [4.78, 5) is 22.1. The van der Waals surface area contributed by atoms with Crippen LogP contribution >= 0.6 is 31.9 Å². The van der Waals surface area contributed by atoms with Crippen molar-refractivity contribution in [1.82, 2.24) is 0 Å². The molecule has 0 saturated carbocycles. The Labute approximate surface area is 135 Å². The van der Waals surface area contributed by atoms with Gasteiger partial charge in [0.1, 0.15) is 5.82 Å². The lowest BCUT2D eigenvalue weighted by Crippen LogP contribution is -2.13. The minimum absolute atomic E-state index is 0.123. The van der Waals surface area contributed by atoms with E-state index in [1.807, 2.05) is 0 Å². The molecule has 0 aromatic heterocycles. The fourth-order valence-corrected chi connectivity index (χ4v) is 2.49. The highest BCUT2D eigenvalue weighted by molar-refractivity contribution is 9.10. The lowest BCUT2D eigenvalue weighted by atomic mass is 10.2. The second-order valence-electron chi connectivity index (χ2n) is 4.00. The summed E-state index contributed by atoms with van der Waals surface area (Å²) in [7, 11) is 0. The van der Waals surface area contributed by atoms with Gasteiger partial charge in [0.15, 0.2) is 0 Å². The molecule has 0 unspecified atom stereocenters. The molecule has 0 aliphatic rings. The van der Waals surface area contributed by atoms with Crippen LogP contribution in [-0.4, -0.2) is 10.8 Å². The van der Waals surface area contributed by atoms with Crippen molar-refractivity contribution in [2.75, 3.05) is 5.32 Å². The first-order valence-corrected chi connectivity index (χ1v) is 7.17. The largest absolute Gasteiger partial charge is 0.322 e. The molecule has 108 valence electrons. The van der Waals surface area contributed by atoms with Gasteiger partial charge in [0, 0.05) is 16.2 Å². The van der Waals surface area contributed by atoms with Crippen molar-refractivity contribution in [2.24, 2.45) is 0 Å². The Morgan fingerprint density at radius 3 is 2.52 bits per heavy atom. The standard InChI is InChI=1S/C13H7Br2FN2O3/c14-7-1-3-11(16)9(5-7)13(19)17-8-2-4-12(18(20)21)10(15)6-8/h1-6H,(H,17,19). The highest BCUT2D eigenvalue weighted by atomic mass is 79.9. The number of anilines is 1. The van der Waals surface area contributed by atoms with Crippen LogP contribution in [0.2, 0.25) is 0 Å². The maximum absolute atomic E-state index is 13.6. The SMILES string of the molecule is O=C(Nc1ccc([N+](=O)[O-])c(Br)c1)c1cc(Br)ccc1F. The average molecular weight is 418 g/mol. The molecule has 0 bridgehead atoms. The average Bonchev–Trinajstić information content (AvgIpc) is 2.41. The van der Waals surface area contributed by atoms with E-state index in [4.69, 9.17) is 0 Å². The van der Waals surface area contributed by atoms with Crippen molar-refractivity contribution < 1.29 is 14.1 Å². The van der Waals surface area contributed by atoms with E-state index >= 15 is 0 Å². The molecule has 1 N–H and O–H groups in total. The van der Waals surface area contributed by atoms with E-state index in [0.29, 0.717) is 10.2 Å². The summed E-state index contributed by atoms with van der Waals surface area (Å²) in [5, 5.41) is 13.2. The fraction of sp³-hybridized carbons (Fsp3) is 0. The Bertz CT molecular complexity index is 737. The number of carbonyl (C=O) groups excluding carboxylic acids is 1. The van der Waals surface area contributed by atoms with Gasteiger partial charge in [-0.2, -0.15) is 0 Å². The molecular formula is C13H7Br2FN2O3. The Kier molecular flexibility index (Phi) is 4.69. The van der Waals surface area contributed by atoms with Crippen molar-refractivity contribution in [2.45, 2.75) is 0 Å². The molecule has 21 heavy (non-hydrogen) atoms. The van der Waals surface area contributed by atoms with Crippen LogP contribution in [0.25, 0.3) is 0 Å². The van der Waals surface area contributed by atoms with Crippen LogP contribution in [0.3, 0.4) is 0 Å². The zero-order valence-corrected chi connectivity index (χ0v) is 13.4. The van der Waals surface area contributed by atoms with Crippen molar-refractivity contribution in [3.63, 3.8) is 0 Å². The number of hydrogen-bond acceptors (Lipinski definition) is 3. The Morgan fingerprint density at radius 2 is 1.90 bits per heavy atom. The number of halogens is 3. The second-order valence-corrected chi connectivity index (χ2v) is 5.77. The quantitative estimate of drug-likeness (QED) is 0.589. The van der Waals surface area contributed by atoms with Gasteiger partial charge in [-0.3, -0.25) is 14.9 Å². The zero-order valence-electron chi connectivity index (χ0n) is 10.3. The van der Waals surface area contributed by atoms with Gasteiger partial charge in [0.25, 0.3) is 11.6 Å². The number of carbonyl (C=O) groups is 1. The molecule has 0 aliphatic carbocycles. The van der Waals surface area contributed by atoms with Gasteiger partial charge in [0.05, 0.1) is 15.0 Å². The normalized spacial score (nSPS) is 10.2. The van der Waals surface area contributed by atoms with Gasteiger partial charge in [-0.15, -0.1) is 0 Å². The molecule has 1 amide bonds. The minimum atomic E-state index is -0.656. The molecule has 0 spiro atoms. The van der Waals surface area contributed by atoms with Gasteiger partial charge in [-0.05, 0) is 46.3 Å². The number of hydrogen-bond donors (Lipinski definition) is 1. The first kappa shape index (κ1) is 15.6. The molecule has 8 heteroatoms. The maximum Gasteiger partial charge on any atom is 0.283 e. The van der Waals surface area contributed by atoms with E-state index in [1.54, 1.807) is 0 Å². The minimum Gasteiger partial charge on any atom is -0.322 e. The summed E-state index contributed by atoms with van der Waals surface area (Å²) in [6.45, 7) is 0. The van der Waals surface area contributed by atoms with E-state index in [9.17, 15) is 19.3 Å². The number of nitrogens with zero attached hydrogens (tertiary/aromatic N) is 1. The third-order valence-electron chi connectivity index (χ3n) is 2.58. The van der Waals surface area contributed by atoms with Gasteiger partial charge in [-0.1, -0.05) is 15.9 Å². The summed E-state index contributed by atoms with van der Waals surface area (Å²) in [5.74, 6) is -1.30. The number of amides is 1. The molecule has 0 fully saturated rings. The topological polar surface area (TPSA) is 72.2 Å². The molecule has 5 nitrogen and oxygen atoms in total. The van der Waals surface area contributed by atoms with Crippen molar-refractivity contribution in [3.8, 4) is 0 Å². The van der Waals surface area contributed by atoms with Crippen LogP contribution in [0.1, 0.15) is 10.4 Å².